The maximum Gasteiger partial charge on any atom is 0.229 e. The lowest BCUT2D eigenvalue weighted by atomic mass is 10.2. The molecule has 2 aromatic rings. The maximum atomic E-state index is 6.25. The van der Waals surface area contributed by atoms with Gasteiger partial charge in [0.2, 0.25) is 5.28 Å². The lowest BCUT2D eigenvalue weighted by Crippen LogP contribution is -2.04. The number of benzene rings is 1. The molecule has 0 N–H and O–H groups in total. The van der Waals surface area contributed by atoms with Crippen LogP contribution in [0.25, 0.3) is 5.69 Å². The van der Waals surface area contributed by atoms with Gasteiger partial charge in [-0.1, -0.05) is 37.0 Å². The molecule has 0 fully saturated rings. The zero-order valence-electron chi connectivity index (χ0n) is 10.2. The van der Waals surface area contributed by atoms with Crippen molar-refractivity contribution < 1.29 is 0 Å². The summed E-state index contributed by atoms with van der Waals surface area (Å²) in [7, 11) is 0. The first-order valence-electron chi connectivity index (χ1n) is 5.48. The lowest BCUT2D eigenvalue weighted by molar-refractivity contribution is 0.745. The molecule has 0 saturated heterocycles. The number of aromatic nitrogens is 3. The third-order valence-electron chi connectivity index (χ3n) is 2.63. The van der Waals surface area contributed by atoms with Gasteiger partial charge in [-0.25, -0.2) is 0 Å². The summed E-state index contributed by atoms with van der Waals surface area (Å²) >= 11 is 18.5. The van der Waals surface area contributed by atoms with E-state index >= 15 is 0 Å². The molecule has 18 heavy (non-hydrogen) atoms. The second kappa shape index (κ2) is 5.08. The van der Waals surface area contributed by atoms with E-state index < -0.39 is 0 Å². The van der Waals surface area contributed by atoms with E-state index in [-0.39, 0.29) is 11.2 Å². The molecule has 0 saturated carbocycles. The molecule has 0 atom stereocenters. The highest BCUT2D eigenvalue weighted by molar-refractivity contribution is 6.35. The normalized spacial score (nSPS) is 11.3. The minimum absolute atomic E-state index is 0.182. The summed E-state index contributed by atoms with van der Waals surface area (Å²) in [5.74, 6) is 0.933. The Morgan fingerprint density at radius 3 is 2.33 bits per heavy atom. The summed E-state index contributed by atoms with van der Waals surface area (Å²) < 4.78 is 1.72. The fourth-order valence-electron chi connectivity index (χ4n) is 1.68. The van der Waals surface area contributed by atoms with Crippen molar-refractivity contribution in [3.05, 3.63) is 38.8 Å². The van der Waals surface area contributed by atoms with E-state index in [2.05, 4.69) is 10.2 Å². The average molecular weight is 305 g/mol. The Kier molecular flexibility index (Phi) is 3.85. The molecule has 2 rings (SSSR count). The molecule has 1 heterocycles. The summed E-state index contributed by atoms with van der Waals surface area (Å²) in [6.07, 6.45) is 0. The van der Waals surface area contributed by atoms with Crippen molar-refractivity contribution in [2.75, 3.05) is 0 Å². The molecule has 0 amide bonds. The quantitative estimate of drug-likeness (QED) is 0.808. The van der Waals surface area contributed by atoms with Gasteiger partial charge in [0.15, 0.2) is 0 Å². The monoisotopic (exact) mass is 303 g/mol. The summed E-state index contributed by atoms with van der Waals surface area (Å²) in [6.45, 7) is 5.93. The molecule has 0 radical (unpaired) electrons. The van der Waals surface area contributed by atoms with Crippen LogP contribution in [-0.2, 0) is 0 Å². The zero-order chi connectivity index (χ0) is 13.4. The first-order valence-corrected chi connectivity index (χ1v) is 6.62. The SMILES string of the molecule is Cc1cc(Cl)c(-n2c(Cl)nnc2C(C)C)cc1Cl. The second-order valence-electron chi connectivity index (χ2n) is 4.37. The van der Waals surface area contributed by atoms with Gasteiger partial charge < -0.3 is 0 Å². The Labute approximate surface area is 121 Å². The van der Waals surface area contributed by atoms with Crippen LogP contribution in [0.5, 0.6) is 0 Å². The number of rotatable bonds is 2. The molecule has 0 unspecified atom stereocenters. The minimum atomic E-state index is 0.182. The fourth-order valence-corrected chi connectivity index (χ4v) is 2.36. The molecular weight excluding hydrogens is 293 g/mol. The van der Waals surface area contributed by atoms with Crippen LogP contribution < -0.4 is 0 Å². The van der Waals surface area contributed by atoms with Crippen LogP contribution in [0.15, 0.2) is 12.1 Å². The Balaban J connectivity index is 2.69. The van der Waals surface area contributed by atoms with E-state index in [9.17, 15) is 0 Å². The van der Waals surface area contributed by atoms with Gasteiger partial charge in [-0.15, -0.1) is 10.2 Å². The van der Waals surface area contributed by atoms with Crippen LogP contribution in [0.4, 0.5) is 0 Å². The molecule has 0 bridgehead atoms. The highest BCUT2D eigenvalue weighted by Gasteiger charge is 2.18. The highest BCUT2D eigenvalue weighted by atomic mass is 35.5. The van der Waals surface area contributed by atoms with E-state index in [1.54, 1.807) is 16.7 Å². The maximum absolute atomic E-state index is 6.25. The molecule has 96 valence electrons. The predicted octanol–water partition coefficient (Wildman–Crippen LogP) is 4.66. The van der Waals surface area contributed by atoms with E-state index in [4.69, 9.17) is 34.8 Å². The Morgan fingerprint density at radius 1 is 1.06 bits per heavy atom. The van der Waals surface area contributed by atoms with Crippen LogP contribution in [0.2, 0.25) is 15.3 Å². The van der Waals surface area contributed by atoms with Crippen molar-refractivity contribution in [2.45, 2.75) is 26.7 Å². The topological polar surface area (TPSA) is 30.7 Å². The molecule has 0 aliphatic carbocycles. The van der Waals surface area contributed by atoms with Gasteiger partial charge in [-0.3, -0.25) is 4.57 Å². The van der Waals surface area contributed by atoms with E-state index in [1.165, 1.54) is 0 Å². The van der Waals surface area contributed by atoms with Crippen molar-refractivity contribution in [3.8, 4) is 5.69 Å². The van der Waals surface area contributed by atoms with Crippen molar-refractivity contribution in [3.63, 3.8) is 0 Å². The summed E-state index contributed by atoms with van der Waals surface area (Å²) in [4.78, 5) is 0. The summed E-state index contributed by atoms with van der Waals surface area (Å²) in [5.41, 5.74) is 1.62. The lowest BCUT2D eigenvalue weighted by Gasteiger charge is -2.13. The molecular formula is C12H12Cl3N3. The third-order valence-corrected chi connectivity index (χ3v) is 3.59. The molecule has 0 spiro atoms. The van der Waals surface area contributed by atoms with Gasteiger partial charge in [0.05, 0.1) is 10.7 Å². The highest BCUT2D eigenvalue weighted by Crippen LogP contribution is 2.31. The number of hydrogen-bond acceptors (Lipinski definition) is 2. The first kappa shape index (κ1) is 13.7. The molecule has 0 aliphatic heterocycles. The molecule has 3 nitrogen and oxygen atoms in total. The van der Waals surface area contributed by atoms with E-state index in [0.717, 1.165) is 11.4 Å². The predicted molar refractivity (Wildman–Crippen MR) is 75.2 cm³/mol. The van der Waals surface area contributed by atoms with Crippen LogP contribution in [0, 0.1) is 6.92 Å². The van der Waals surface area contributed by atoms with E-state index in [0.29, 0.717) is 15.7 Å². The summed E-state index contributed by atoms with van der Waals surface area (Å²) in [5, 5.41) is 9.43. The van der Waals surface area contributed by atoms with Crippen molar-refractivity contribution in [2.24, 2.45) is 0 Å². The number of hydrogen-bond donors (Lipinski definition) is 0. The Hall–Kier alpha value is -0.770. The first-order chi connectivity index (χ1) is 8.41. The van der Waals surface area contributed by atoms with Gasteiger partial charge in [-0.05, 0) is 36.2 Å². The Morgan fingerprint density at radius 2 is 1.72 bits per heavy atom. The van der Waals surface area contributed by atoms with Crippen LogP contribution in [0.3, 0.4) is 0 Å². The minimum Gasteiger partial charge on any atom is -0.268 e. The van der Waals surface area contributed by atoms with Crippen molar-refractivity contribution in [1.29, 1.82) is 0 Å². The van der Waals surface area contributed by atoms with Crippen molar-refractivity contribution >= 4 is 34.8 Å². The number of nitrogens with zero attached hydrogens (tertiary/aromatic N) is 3. The van der Waals surface area contributed by atoms with E-state index in [1.807, 2.05) is 20.8 Å². The van der Waals surface area contributed by atoms with Gasteiger partial charge in [0.25, 0.3) is 0 Å². The van der Waals surface area contributed by atoms with Crippen molar-refractivity contribution in [1.82, 2.24) is 14.8 Å². The molecule has 0 aliphatic rings. The largest absolute Gasteiger partial charge is 0.268 e. The number of halogens is 3. The van der Waals surface area contributed by atoms with Gasteiger partial charge in [0, 0.05) is 10.9 Å². The average Bonchev–Trinajstić information content (AvgIpc) is 2.66. The summed E-state index contributed by atoms with van der Waals surface area (Å²) in [6, 6.07) is 3.58. The smallest absolute Gasteiger partial charge is 0.229 e. The Bertz CT molecular complexity index is 590. The zero-order valence-corrected chi connectivity index (χ0v) is 12.5. The third kappa shape index (κ3) is 2.35. The standard InChI is InChI=1S/C12H12Cl3N3/c1-6(2)11-16-17-12(15)18(11)10-5-8(13)7(3)4-9(10)14/h4-6H,1-3H3. The van der Waals surface area contributed by atoms with Crippen LogP contribution in [0.1, 0.15) is 31.2 Å². The fraction of sp³-hybridized carbons (Fsp3) is 0.333. The second-order valence-corrected chi connectivity index (χ2v) is 5.52. The van der Waals surface area contributed by atoms with Gasteiger partial charge in [-0.2, -0.15) is 0 Å². The van der Waals surface area contributed by atoms with Crippen LogP contribution in [-0.4, -0.2) is 14.8 Å². The molecule has 1 aromatic carbocycles. The molecule has 6 heteroatoms. The van der Waals surface area contributed by atoms with Crippen LogP contribution >= 0.6 is 34.8 Å². The van der Waals surface area contributed by atoms with Gasteiger partial charge in [0.1, 0.15) is 5.82 Å². The number of aryl methyl sites for hydroxylation is 1. The molecule has 1 aromatic heterocycles. The van der Waals surface area contributed by atoms with Gasteiger partial charge >= 0.3 is 0 Å².